The fraction of sp³-hybridized carbons (Fsp3) is 0.389. The van der Waals surface area contributed by atoms with E-state index in [1.807, 2.05) is 18.5 Å². The predicted octanol–water partition coefficient (Wildman–Crippen LogP) is 4.10. The first-order valence-electron chi connectivity index (χ1n) is 8.38. The average Bonchev–Trinajstić information content (AvgIpc) is 3.15. The van der Waals surface area contributed by atoms with Gasteiger partial charge in [-0.25, -0.2) is 0 Å². The van der Waals surface area contributed by atoms with Crippen molar-refractivity contribution in [3.05, 3.63) is 40.5 Å². The van der Waals surface area contributed by atoms with E-state index in [9.17, 15) is 4.79 Å². The molecule has 0 bridgehead atoms. The molecule has 25 heavy (non-hydrogen) atoms. The number of fused-ring (bicyclic) bond motifs is 1. The Morgan fingerprint density at radius 3 is 2.76 bits per heavy atom. The molecular formula is C18H22N4OS2. The Bertz CT molecular complexity index is 981. The Hall–Kier alpha value is -1.86. The largest absolute Gasteiger partial charge is 0.316 e. The van der Waals surface area contributed by atoms with Crippen LogP contribution < -0.4 is 4.80 Å². The summed E-state index contributed by atoms with van der Waals surface area (Å²) in [6, 6.07) is 8.20. The van der Waals surface area contributed by atoms with Crippen molar-refractivity contribution >= 4 is 39.2 Å². The number of nitrogens with zero attached hydrogens (tertiary/aromatic N) is 4. The van der Waals surface area contributed by atoms with Crippen LogP contribution in [0.25, 0.3) is 10.2 Å². The van der Waals surface area contributed by atoms with Gasteiger partial charge in [-0.2, -0.15) is 10.1 Å². The molecular weight excluding hydrogens is 352 g/mol. The fourth-order valence-electron chi connectivity index (χ4n) is 2.78. The number of carbonyl (C=O) groups is 1. The van der Waals surface area contributed by atoms with E-state index in [2.05, 4.69) is 46.0 Å². The number of benzene rings is 1. The zero-order valence-electron chi connectivity index (χ0n) is 14.9. The third kappa shape index (κ3) is 3.57. The number of thiazole rings is 1. The van der Waals surface area contributed by atoms with Gasteiger partial charge in [0.05, 0.1) is 10.2 Å². The third-order valence-corrected chi connectivity index (χ3v) is 5.80. The van der Waals surface area contributed by atoms with E-state index < -0.39 is 0 Å². The average molecular weight is 375 g/mol. The van der Waals surface area contributed by atoms with Gasteiger partial charge >= 0.3 is 0 Å². The van der Waals surface area contributed by atoms with Crippen molar-refractivity contribution in [1.29, 1.82) is 0 Å². The number of rotatable bonds is 5. The molecule has 3 aromatic rings. The maximum absolute atomic E-state index is 12.6. The van der Waals surface area contributed by atoms with Crippen LogP contribution in [0.3, 0.4) is 0 Å². The number of aromatic nitrogens is 3. The van der Waals surface area contributed by atoms with E-state index in [1.54, 1.807) is 29.2 Å². The highest BCUT2D eigenvalue weighted by molar-refractivity contribution is 7.98. The molecule has 0 fully saturated rings. The lowest BCUT2D eigenvalue weighted by Crippen LogP contribution is -2.17. The number of carbonyl (C=O) groups excluding carboxylic acids is 1. The van der Waals surface area contributed by atoms with Crippen molar-refractivity contribution in [2.75, 3.05) is 6.26 Å². The van der Waals surface area contributed by atoms with Crippen LogP contribution in [-0.2, 0) is 13.1 Å². The molecule has 5 nitrogen and oxygen atoms in total. The van der Waals surface area contributed by atoms with Gasteiger partial charge < -0.3 is 4.57 Å². The zero-order chi connectivity index (χ0) is 18.0. The minimum atomic E-state index is -0.281. The van der Waals surface area contributed by atoms with E-state index in [0.717, 1.165) is 40.2 Å². The molecule has 7 heteroatoms. The first-order valence-corrected chi connectivity index (χ1v) is 10.4. The van der Waals surface area contributed by atoms with E-state index in [0.29, 0.717) is 5.69 Å². The summed E-state index contributed by atoms with van der Waals surface area (Å²) in [6.45, 7) is 7.68. The van der Waals surface area contributed by atoms with Crippen molar-refractivity contribution < 1.29 is 4.79 Å². The minimum absolute atomic E-state index is 0.281. The van der Waals surface area contributed by atoms with Gasteiger partial charge in [0.15, 0.2) is 10.5 Å². The summed E-state index contributed by atoms with van der Waals surface area (Å²) in [6.07, 6.45) is 3.05. The van der Waals surface area contributed by atoms with Gasteiger partial charge in [0.2, 0.25) is 0 Å². The number of aryl methyl sites for hydroxylation is 3. The minimum Gasteiger partial charge on any atom is -0.316 e. The SMILES string of the molecule is CCCn1c(=NC(=O)c2cc(C)n(CC)n2)sc2cc(SC)ccc21. The summed E-state index contributed by atoms with van der Waals surface area (Å²) in [5, 5.41) is 4.35. The Balaban J connectivity index is 2.10. The number of amides is 1. The summed E-state index contributed by atoms with van der Waals surface area (Å²) >= 11 is 3.28. The van der Waals surface area contributed by atoms with E-state index in [4.69, 9.17) is 0 Å². The van der Waals surface area contributed by atoms with Gasteiger partial charge in [0.1, 0.15) is 0 Å². The molecule has 0 aliphatic rings. The maximum Gasteiger partial charge on any atom is 0.300 e. The van der Waals surface area contributed by atoms with Crippen LogP contribution in [0.1, 0.15) is 36.5 Å². The van der Waals surface area contributed by atoms with Gasteiger partial charge in [-0.1, -0.05) is 18.3 Å². The number of hydrogen-bond donors (Lipinski definition) is 0. The highest BCUT2D eigenvalue weighted by Gasteiger charge is 2.13. The van der Waals surface area contributed by atoms with Crippen molar-refractivity contribution in [3.63, 3.8) is 0 Å². The topological polar surface area (TPSA) is 52.2 Å². The lowest BCUT2D eigenvalue weighted by molar-refractivity contribution is 0.0992. The Morgan fingerprint density at radius 1 is 1.32 bits per heavy atom. The molecule has 0 N–H and O–H groups in total. The summed E-state index contributed by atoms with van der Waals surface area (Å²) in [5.74, 6) is -0.281. The molecule has 0 saturated carbocycles. The zero-order valence-corrected chi connectivity index (χ0v) is 16.6. The molecule has 0 spiro atoms. The van der Waals surface area contributed by atoms with Gasteiger partial charge in [-0.15, -0.1) is 11.8 Å². The summed E-state index contributed by atoms with van der Waals surface area (Å²) in [4.78, 5) is 18.9. The second-order valence-electron chi connectivity index (χ2n) is 5.77. The quantitative estimate of drug-likeness (QED) is 0.632. The predicted molar refractivity (Wildman–Crippen MR) is 104 cm³/mol. The van der Waals surface area contributed by atoms with Crippen LogP contribution >= 0.6 is 23.1 Å². The maximum atomic E-state index is 12.6. The molecule has 3 rings (SSSR count). The Labute approximate surface area is 155 Å². The molecule has 0 atom stereocenters. The number of hydrogen-bond acceptors (Lipinski definition) is 4. The van der Waals surface area contributed by atoms with Gasteiger partial charge in [-0.3, -0.25) is 9.48 Å². The van der Waals surface area contributed by atoms with Crippen molar-refractivity contribution in [1.82, 2.24) is 14.3 Å². The van der Waals surface area contributed by atoms with Gasteiger partial charge in [0.25, 0.3) is 5.91 Å². The Kier molecular flexibility index (Phi) is 5.44. The summed E-state index contributed by atoms with van der Waals surface area (Å²) in [7, 11) is 0. The lowest BCUT2D eigenvalue weighted by atomic mass is 10.3. The molecule has 1 amide bonds. The smallest absolute Gasteiger partial charge is 0.300 e. The van der Waals surface area contributed by atoms with Crippen LogP contribution in [0.15, 0.2) is 34.2 Å². The molecule has 0 unspecified atom stereocenters. The number of thioether (sulfide) groups is 1. The van der Waals surface area contributed by atoms with Crippen molar-refractivity contribution in [3.8, 4) is 0 Å². The molecule has 0 aliphatic heterocycles. The van der Waals surface area contributed by atoms with Crippen LogP contribution in [0.2, 0.25) is 0 Å². The highest BCUT2D eigenvalue weighted by Crippen LogP contribution is 2.24. The van der Waals surface area contributed by atoms with E-state index in [1.165, 1.54) is 4.90 Å². The van der Waals surface area contributed by atoms with E-state index in [-0.39, 0.29) is 5.91 Å². The Morgan fingerprint density at radius 2 is 2.12 bits per heavy atom. The standard InChI is InChI=1S/C18H22N4OS2/c1-5-9-21-15-8-7-13(24-4)11-16(15)25-18(21)19-17(23)14-10-12(3)22(6-2)20-14/h7-8,10-11H,5-6,9H2,1-4H3. The molecule has 2 aromatic heterocycles. The second-order valence-corrected chi connectivity index (χ2v) is 7.66. The molecule has 0 saturated heterocycles. The van der Waals surface area contributed by atoms with Gasteiger partial charge in [0, 0.05) is 23.7 Å². The summed E-state index contributed by atoms with van der Waals surface area (Å²) in [5.41, 5.74) is 2.51. The molecule has 0 radical (unpaired) electrons. The van der Waals surface area contributed by atoms with Crippen molar-refractivity contribution in [2.24, 2.45) is 4.99 Å². The van der Waals surface area contributed by atoms with Crippen LogP contribution in [0, 0.1) is 6.92 Å². The van der Waals surface area contributed by atoms with Crippen molar-refractivity contribution in [2.45, 2.75) is 45.2 Å². The molecule has 2 heterocycles. The van der Waals surface area contributed by atoms with Crippen LogP contribution in [-0.4, -0.2) is 26.5 Å². The third-order valence-electron chi connectivity index (χ3n) is 4.03. The normalized spacial score (nSPS) is 12.2. The van der Waals surface area contributed by atoms with Crippen LogP contribution in [0.4, 0.5) is 0 Å². The van der Waals surface area contributed by atoms with E-state index >= 15 is 0 Å². The highest BCUT2D eigenvalue weighted by atomic mass is 32.2. The fourth-order valence-corrected chi connectivity index (χ4v) is 4.39. The second kappa shape index (κ2) is 7.58. The molecule has 0 aliphatic carbocycles. The lowest BCUT2D eigenvalue weighted by Gasteiger charge is -2.03. The molecule has 1 aromatic carbocycles. The monoisotopic (exact) mass is 374 g/mol. The first-order chi connectivity index (χ1) is 12.1. The summed E-state index contributed by atoms with van der Waals surface area (Å²) < 4.78 is 5.10. The molecule has 132 valence electrons. The first kappa shape index (κ1) is 17.9. The van der Waals surface area contributed by atoms with Crippen LogP contribution in [0.5, 0.6) is 0 Å². The van der Waals surface area contributed by atoms with Gasteiger partial charge in [-0.05, 0) is 50.8 Å².